The standard InChI is InChI=1S/C13H22N2S/c1-7(2)13-15-10(5)12(16-13)9(4)14-11-6-8(11)3/h7-9,11,14H,6H2,1-5H3. The summed E-state index contributed by atoms with van der Waals surface area (Å²) in [6.45, 7) is 11.1. The van der Waals surface area contributed by atoms with E-state index < -0.39 is 0 Å². The minimum atomic E-state index is 0.458. The van der Waals surface area contributed by atoms with Gasteiger partial charge in [-0.2, -0.15) is 0 Å². The van der Waals surface area contributed by atoms with Crippen molar-refractivity contribution in [3.63, 3.8) is 0 Å². The molecule has 0 amide bonds. The van der Waals surface area contributed by atoms with Gasteiger partial charge in [-0.05, 0) is 26.2 Å². The minimum absolute atomic E-state index is 0.458. The van der Waals surface area contributed by atoms with Gasteiger partial charge in [0.25, 0.3) is 0 Å². The number of rotatable bonds is 4. The predicted molar refractivity (Wildman–Crippen MR) is 70.1 cm³/mol. The Hall–Kier alpha value is -0.410. The summed E-state index contributed by atoms with van der Waals surface area (Å²) in [7, 11) is 0. The summed E-state index contributed by atoms with van der Waals surface area (Å²) in [6.07, 6.45) is 1.33. The molecule has 1 saturated carbocycles. The van der Waals surface area contributed by atoms with Crippen LogP contribution in [0.15, 0.2) is 0 Å². The Bertz CT molecular complexity index is 370. The Balaban J connectivity index is 2.07. The molecule has 0 aromatic carbocycles. The summed E-state index contributed by atoms with van der Waals surface area (Å²) in [5, 5.41) is 4.95. The van der Waals surface area contributed by atoms with Gasteiger partial charge >= 0.3 is 0 Å². The first-order chi connectivity index (χ1) is 7.49. The van der Waals surface area contributed by atoms with Gasteiger partial charge in [-0.15, -0.1) is 11.3 Å². The molecule has 0 saturated heterocycles. The fourth-order valence-electron chi connectivity index (χ4n) is 2.03. The fraction of sp³-hybridized carbons (Fsp3) is 0.769. The lowest BCUT2D eigenvalue weighted by Gasteiger charge is -2.12. The van der Waals surface area contributed by atoms with Crippen molar-refractivity contribution in [2.45, 2.75) is 59.0 Å². The van der Waals surface area contributed by atoms with Crippen LogP contribution in [0, 0.1) is 12.8 Å². The van der Waals surface area contributed by atoms with E-state index >= 15 is 0 Å². The first-order valence-corrected chi connectivity index (χ1v) is 7.04. The smallest absolute Gasteiger partial charge is 0.0956 e. The van der Waals surface area contributed by atoms with Gasteiger partial charge in [-0.1, -0.05) is 20.8 Å². The molecule has 3 unspecified atom stereocenters. The quantitative estimate of drug-likeness (QED) is 0.866. The van der Waals surface area contributed by atoms with Gasteiger partial charge in [-0.3, -0.25) is 0 Å². The van der Waals surface area contributed by atoms with Crippen LogP contribution in [-0.4, -0.2) is 11.0 Å². The van der Waals surface area contributed by atoms with Crippen LogP contribution in [0.5, 0.6) is 0 Å². The Kier molecular flexibility index (Phi) is 3.36. The highest BCUT2D eigenvalue weighted by Crippen LogP contribution is 2.34. The molecule has 1 aromatic rings. The summed E-state index contributed by atoms with van der Waals surface area (Å²) in [5.74, 6) is 1.41. The van der Waals surface area contributed by atoms with Crippen LogP contribution >= 0.6 is 11.3 Å². The van der Waals surface area contributed by atoms with E-state index in [-0.39, 0.29) is 0 Å². The molecule has 16 heavy (non-hydrogen) atoms. The van der Waals surface area contributed by atoms with E-state index in [0.29, 0.717) is 12.0 Å². The van der Waals surface area contributed by atoms with Crippen molar-refractivity contribution in [3.8, 4) is 0 Å². The molecule has 1 heterocycles. The van der Waals surface area contributed by atoms with E-state index in [2.05, 4.69) is 44.9 Å². The number of aryl methyl sites for hydroxylation is 1. The summed E-state index contributed by atoms with van der Waals surface area (Å²) in [5.41, 5.74) is 1.21. The number of hydrogen-bond acceptors (Lipinski definition) is 3. The van der Waals surface area contributed by atoms with Gasteiger partial charge in [0.1, 0.15) is 0 Å². The van der Waals surface area contributed by atoms with Gasteiger partial charge in [-0.25, -0.2) is 4.98 Å². The highest BCUT2D eigenvalue weighted by Gasteiger charge is 2.34. The van der Waals surface area contributed by atoms with E-state index in [9.17, 15) is 0 Å². The van der Waals surface area contributed by atoms with Gasteiger partial charge in [0, 0.05) is 22.9 Å². The molecule has 90 valence electrons. The molecule has 0 radical (unpaired) electrons. The van der Waals surface area contributed by atoms with Gasteiger partial charge in [0.2, 0.25) is 0 Å². The summed E-state index contributed by atoms with van der Waals surface area (Å²) < 4.78 is 0. The molecule has 1 N–H and O–H groups in total. The van der Waals surface area contributed by atoms with Gasteiger partial charge < -0.3 is 5.32 Å². The maximum Gasteiger partial charge on any atom is 0.0956 e. The number of nitrogens with one attached hydrogen (secondary N) is 1. The molecular formula is C13H22N2S. The van der Waals surface area contributed by atoms with Crippen LogP contribution in [0.25, 0.3) is 0 Å². The number of nitrogens with zero attached hydrogens (tertiary/aromatic N) is 1. The van der Waals surface area contributed by atoms with Crippen LogP contribution in [0.1, 0.15) is 61.7 Å². The van der Waals surface area contributed by atoms with E-state index in [1.165, 1.54) is 22.0 Å². The molecule has 2 rings (SSSR count). The zero-order chi connectivity index (χ0) is 11.9. The lowest BCUT2D eigenvalue weighted by molar-refractivity contribution is 0.556. The molecule has 3 heteroatoms. The van der Waals surface area contributed by atoms with Crippen molar-refractivity contribution in [3.05, 3.63) is 15.6 Å². The molecule has 1 fully saturated rings. The Morgan fingerprint density at radius 1 is 1.38 bits per heavy atom. The van der Waals surface area contributed by atoms with Crippen molar-refractivity contribution >= 4 is 11.3 Å². The Labute approximate surface area is 102 Å². The molecule has 2 nitrogen and oxygen atoms in total. The molecule has 1 aliphatic carbocycles. The lowest BCUT2D eigenvalue weighted by Crippen LogP contribution is -2.21. The monoisotopic (exact) mass is 238 g/mol. The highest BCUT2D eigenvalue weighted by atomic mass is 32.1. The second-order valence-electron chi connectivity index (χ2n) is 5.36. The lowest BCUT2D eigenvalue weighted by atomic mass is 10.2. The van der Waals surface area contributed by atoms with Crippen molar-refractivity contribution in [2.75, 3.05) is 0 Å². The topological polar surface area (TPSA) is 24.9 Å². The summed E-state index contributed by atoms with van der Waals surface area (Å²) in [4.78, 5) is 6.08. The van der Waals surface area contributed by atoms with Crippen LogP contribution in [0.3, 0.4) is 0 Å². The molecule has 1 aliphatic rings. The summed E-state index contributed by atoms with van der Waals surface area (Å²) in [6, 6.07) is 1.19. The average molecular weight is 238 g/mol. The van der Waals surface area contributed by atoms with Crippen LogP contribution < -0.4 is 5.32 Å². The van der Waals surface area contributed by atoms with E-state index in [1.807, 2.05) is 11.3 Å². The summed E-state index contributed by atoms with van der Waals surface area (Å²) >= 11 is 1.87. The van der Waals surface area contributed by atoms with E-state index in [0.717, 1.165) is 12.0 Å². The zero-order valence-corrected chi connectivity index (χ0v) is 11.7. The molecule has 0 bridgehead atoms. The van der Waals surface area contributed by atoms with E-state index in [4.69, 9.17) is 0 Å². The number of aromatic nitrogens is 1. The number of thiazole rings is 1. The van der Waals surface area contributed by atoms with Crippen molar-refractivity contribution in [1.29, 1.82) is 0 Å². The first kappa shape index (κ1) is 12.1. The van der Waals surface area contributed by atoms with Gasteiger partial charge in [0.05, 0.1) is 10.7 Å². The Morgan fingerprint density at radius 2 is 2.00 bits per heavy atom. The molecule has 1 aromatic heterocycles. The zero-order valence-electron chi connectivity index (χ0n) is 10.9. The maximum atomic E-state index is 4.66. The Morgan fingerprint density at radius 3 is 2.44 bits per heavy atom. The van der Waals surface area contributed by atoms with Crippen LogP contribution in [0.4, 0.5) is 0 Å². The minimum Gasteiger partial charge on any atom is -0.306 e. The van der Waals surface area contributed by atoms with Gasteiger partial charge in [0.15, 0.2) is 0 Å². The van der Waals surface area contributed by atoms with Crippen molar-refractivity contribution in [2.24, 2.45) is 5.92 Å². The molecule has 0 aliphatic heterocycles. The molecule has 3 atom stereocenters. The second kappa shape index (κ2) is 4.46. The average Bonchev–Trinajstić information content (AvgIpc) is 2.75. The second-order valence-corrected chi connectivity index (χ2v) is 6.43. The number of hydrogen-bond donors (Lipinski definition) is 1. The third kappa shape index (κ3) is 2.46. The third-order valence-corrected chi connectivity index (χ3v) is 4.95. The SMILES string of the molecule is Cc1nc(C(C)C)sc1C(C)NC1CC1C. The predicted octanol–water partition coefficient (Wildman–Crippen LogP) is 3.63. The van der Waals surface area contributed by atoms with E-state index in [1.54, 1.807) is 0 Å². The van der Waals surface area contributed by atoms with Crippen molar-refractivity contribution < 1.29 is 0 Å². The normalized spacial score (nSPS) is 26.1. The largest absolute Gasteiger partial charge is 0.306 e. The molecular weight excluding hydrogens is 216 g/mol. The van der Waals surface area contributed by atoms with Crippen LogP contribution in [-0.2, 0) is 0 Å². The third-order valence-electron chi connectivity index (χ3n) is 3.31. The van der Waals surface area contributed by atoms with Crippen LogP contribution in [0.2, 0.25) is 0 Å². The first-order valence-electron chi connectivity index (χ1n) is 6.22. The maximum absolute atomic E-state index is 4.66. The highest BCUT2D eigenvalue weighted by molar-refractivity contribution is 7.11. The van der Waals surface area contributed by atoms with Crippen molar-refractivity contribution in [1.82, 2.24) is 10.3 Å². The fourth-order valence-corrected chi connectivity index (χ4v) is 3.11. The molecule has 0 spiro atoms.